The van der Waals surface area contributed by atoms with Gasteiger partial charge in [-0.2, -0.15) is 0 Å². The number of fused-ring (bicyclic) bond motifs is 5. The molecule has 0 saturated heterocycles. The summed E-state index contributed by atoms with van der Waals surface area (Å²) in [5.74, 6) is 2.38. The fourth-order valence-electron chi connectivity index (χ4n) is 7.27. The van der Waals surface area contributed by atoms with Crippen molar-refractivity contribution in [2.45, 2.75) is 78.7 Å². The van der Waals surface area contributed by atoms with E-state index in [1.54, 1.807) is 6.92 Å². The second-order valence-electron chi connectivity index (χ2n) is 9.53. The summed E-state index contributed by atoms with van der Waals surface area (Å²) in [7, 11) is 0. The van der Waals surface area contributed by atoms with Crippen LogP contribution in [-0.4, -0.2) is 17.0 Å². The number of hydrogen-bond donors (Lipinski definition) is 1. The Labute approximate surface area is 146 Å². The van der Waals surface area contributed by atoms with Crippen LogP contribution in [0.15, 0.2) is 22.8 Å². The van der Waals surface area contributed by atoms with Crippen LogP contribution in [0.3, 0.4) is 0 Å². The van der Waals surface area contributed by atoms with Crippen molar-refractivity contribution in [2.24, 2.45) is 28.6 Å². The highest BCUT2D eigenvalue weighted by Crippen LogP contribution is 2.65. The Morgan fingerprint density at radius 2 is 1.83 bits per heavy atom. The fraction of sp³-hybridized carbons (Fsp3) is 0.773. The van der Waals surface area contributed by atoms with Gasteiger partial charge in [0.15, 0.2) is 5.78 Å². The summed E-state index contributed by atoms with van der Waals surface area (Å²) in [6.07, 6.45) is 9.99. The van der Waals surface area contributed by atoms with Crippen molar-refractivity contribution in [1.82, 2.24) is 0 Å². The van der Waals surface area contributed by atoms with Crippen molar-refractivity contribution in [2.75, 3.05) is 0 Å². The third-order valence-corrected chi connectivity index (χ3v) is 8.34. The molecule has 0 heterocycles. The Morgan fingerprint density at radius 1 is 1.12 bits per heavy atom. The van der Waals surface area contributed by atoms with Crippen molar-refractivity contribution in [1.29, 1.82) is 0 Å². The van der Waals surface area contributed by atoms with Crippen molar-refractivity contribution in [3.05, 3.63) is 22.8 Å². The van der Waals surface area contributed by atoms with E-state index in [1.807, 2.05) is 0 Å². The SMILES string of the molecule is CC(=O)C1=C(C)C[C@H]2[C@@H]3CC=C4CC(O)CC[C@]4(C)[C@H]3CC[C@]12C. The van der Waals surface area contributed by atoms with E-state index < -0.39 is 0 Å². The number of allylic oxidation sites excluding steroid dienone is 3. The number of hydrogen-bond acceptors (Lipinski definition) is 2. The zero-order valence-corrected chi connectivity index (χ0v) is 15.7. The normalized spacial score (nSPS) is 47.6. The minimum atomic E-state index is -0.130. The molecule has 4 aliphatic rings. The Bertz CT molecular complexity index is 642. The summed E-state index contributed by atoms with van der Waals surface area (Å²) in [6.45, 7) is 8.79. The van der Waals surface area contributed by atoms with Crippen LogP contribution in [0.2, 0.25) is 0 Å². The molecule has 2 nitrogen and oxygen atoms in total. The van der Waals surface area contributed by atoms with Crippen LogP contribution in [0.5, 0.6) is 0 Å². The third-order valence-electron chi connectivity index (χ3n) is 8.34. The lowest BCUT2D eigenvalue weighted by Gasteiger charge is -2.57. The average Bonchev–Trinajstić information content (AvgIpc) is 2.78. The van der Waals surface area contributed by atoms with Crippen LogP contribution in [-0.2, 0) is 4.79 Å². The van der Waals surface area contributed by atoms with Gasteiger partial charge in [0.1, 0.15) is 0 Å². The number of aliphatic hydroxyl groups excluding tert-OH is 1. The monoisotopic (exact) mass is 328 g/mol. The van der Waals surface area contributed by atoms with Crippen LogP contribution < -0.4 is 0 Å². The minimum Gasteiger partial charge on any atom is -0.393 e. The molecule has 24 heavy (non-hydrogen) atoms. The summed E-state index contributed by atoms with van der Waals surface area (Å²) in [5, 5.41) is 10.1. The molecule has 0 amide bonds. The van der Waals surface area contributed by atoms with Gasteiger partial charge in [0.05, 0.1) is 6.10 Å². The smallest absolute Gasteiger partial charge is 0.156 e. The first-order chi connectivity index (χ1) is 11.3. The van der Waals surface area contributed by atoms with Crippen molar-refractivity contribution in [3.8, 4) is 0 Å². The highest BCUT2D eigenvalue weighted by atomic mass is 16.3. The first kappa shape index (κ1) is 16.6. The molecule has 0 spiro atoms. The Balaban J connectivity index is 1.70. The minimum absolute atomic E-state index is 0.104. The topological polar surface area (TPSA) is 37.3 Å². The van der Waals surface area contributed by atoms with E-state index in [-0.39, 0.29) is 16.9 Å². The number of carbonyl (C=O) groups excluding carboxylic acids is 1. The number of rotatable bonds is 1. The van der Waals surface area contributed by atoms with E-state index in [0.29, 0.717) is 17.6 Å². The lowest BCUT2D eigenvalue weighted by atomic mass is 9.47. The van der Waals surface area contributed by atoms with E-state index in [0.717, 1.165) is 50.0 Å². The lowest BCUT2D eigenvalue weighted by molar-refractivity contribution is -0.115. The van der Waals surface area contributed by atoms with Gasteiger partial charge in [0, 0.05) is 0 Å². The predicted molar refractivity (Wildman–Crippen MR) is 96.5 cm³/mol. The Hall–Kier alpha value is -0.890. The molecule has 0 aliphatic heterocycles. The molecule has 0 radical (unpaired) electrons. The molecule has 2 saturated carbocycles. The van der Waals surface area contributed by atoms with Crippen LogP contribution in [0.1, 0.15) is 72.6 Å². The first-order valence-electron chi connectivity index (χ1n) is 9.86. The molecule has 132 valence electrons. The van der Waals surface area contributed by atoms with E-state index in [4.69, 9.17) is 0 Å². The summed E-state index contributed by atoms with van der Waals surface area (Å²) in [4.78, 5) is 12.3. The summed E-state index contributed by atoms with van der Waals surface area (Å²) in [6, 6.07) is 0. The summed E-state index contributed by atoms with van der Waals surface area (Å²) in [5.41, 5.74) is 4.43. The standard InChI is InChI=1S/C22H32O2/c1-13-11-19-17-6-5-15-12-16(24)7-9-21(15,3)18(17)8-10-22(19,4)20(13)14(2)23/h5,16-19,24H,6-12H2,1-4H3/t16?,17-,18+,19+,21+,22+/m1/s1. The van der Waals surface area contributed by atoms with Gasteiger partial charge in [-0.15, -0.1) is 0 Å². The van der Waals surface area contributed by atoms with Crippen molar-refractivity contribution < 1.29 is 9.90 Å². The van der Waals surface area contributed by atoms with Crippen LogP contribution in [0.4, 0.5) is 0 Å². The van der Waals surface area contributed by atoms with Gasteiger partial charge in [-0.3, -0.25) is 4.79 Å². The summed E-state index contributed by atoms with van der Waals surface area (Å²) < 4.78 is 0. The molecule has 6 atom stereocenters. The van der Waals surface area contributed by atoms with Crippen LogP contribution >= 0.6 is 0 Å². The quantitative estimate of drug-likeness (QED) is 0.700. The molecule has 2 heteroatoms. The number of ketones is 1. The predicted octanol–water partition coefficient (Wildman–Crippen LogP) is 4.83. The molecule has 4 rings (SSSR count). The molecule has 0 bridgehead atoms. The maximum atomic E-state index is 12.3. The molecular formula is C22H32O2. The van der Waals surface area contributed by atoms with Gasteiger partial charge in [0.2, 0.25) is 0 Å². The van der Waals surface area contributed by atoms with Crippen LogP contribution in [0.25, 0.3) is 0 Å². The van der Waals surface area contributed by atoms with Gasteiger partial charge >= 0.3 is 0 Å². The zero-order chi connectivity index (χ0) is 17.3. The van der Waals surface area contributed by atoms with Crippen molar-refractivity contribution in [3.63, 3.8) is 0 Å². The highest BCUT2D eigenvalue weighted by Gasteiger charge is 2.58. The second kappa shape index (κ2) is 5.30. The van der Waals surface area contributed by atoms with E-state index in [1.165, 1.54) is 17.6 Å². The maximum absolute atomic E-state index is 12.3. The number of aliphatic hydroxyl groups is 1. The van der Waals surface area contributed by atoms with E-state index in [9.17, 15) is 9.90 Å². The van der Waals surface area contributed by atoms with Gasteiger partial charge in [-0.1, -0.05) is 31.1 Å². The van der Waals surface area contributed by atoms with Gasteiger partial charge < -0.3 is 5.11 Å². The highest BCUT2D eigenvalue weighted by molar-refractivity contribution is 5.96. The molecule has 0 aromatic heterocycles. The Morgan fingerprint density at radius 3 is 2.54 bits per heavy atom. The summed E-state index contributed by atoms with van der Waals surface area (Å²) >= 11 is 0. The van der Waals surface area contributed by atoms with E-state index >= 15 is 0 Å². The van der Waals surface area contributed by atoms with Crippen LogP contribution in [0, 0.1) is 28.6 Å². The largest absolute Gasteiger partial charge is 0.393 e. The second-order valence-corrected chi connectivity index (χ2v) is 9.53. The molecule has 0 aromatic carbocycles. The molecule has 1 unspecified atom stereocenters. The molecule has 4 aliphatic carbocycles. The molecular weight excluding hydrogens is 296 g/mol. The third kappa shape index (κ3) is 2.08. The van der Waals surface area contributed by atoms with Crippen molar-refractivity contribution >= 4 is 5.78 Å². The number of carbonyl (C=O) groups is 1. The molecule has 2 fully saturated rings. The molecule has 1 N–H and O–H groups in total. The molecule has 0 aromatic rings. The average molecular weight is 328 g/mol. The zero-order valence-electron chi connectivity index (χ0n) is 15.7. The maximum Gasteiger partial charge on any atom is 0.156 e. The van der Waals surface area contributed by atoms with Gasteiger partial charge in [0.25, 0.3) is 0 Å². The van der Waals surface area contributed by atoms with Gasteiger partial charge in [-0.25, -0.2) is 0 Å². The fourth-order valence-corrected chi connectivity index (χ4v) is 7.27. The number of Topliss-reactive ketones (excluding diaryl/α,β-unsaturated/α-hetero) is 1. The van der Waals surface area contributed by atoms with Gasteiger partial charge in [-0.05, 0) is 93.0 Å². The lowest BCUT2D eigenvalue weighted by Crippen LogP contribution is -2.50. The Kier molecular flexibility index (Phi) is 3.66. The first-order valence-corrected chi connectivity index (χ1v) is 9.86. The van der Waals surface area contributed by atoms with E-state index in [2.05, 4.69) is 26.8 Å².